The Labute approximate surface area is 203 Å². The summed E-state index contributed by atoms with van der Waals surface area (Å²) in [5.74, 6) is 1.95. The van der Waals surface area contributed by atoms with Crippen LogP contribution < -0.4 is 4.74 Å². The van der Waals surface area contributed by atoms with Gasteiger partial charge in [0.15, 0.2) is 0 Å². The smallest absolute Gasteiger partial charge is 0.328 e. The van der Waals surface area contributed by atoms with E-state index in [0.29, 0.717) is 41.2 Å². The molecule has 5 rings (SSSR count). The summed E-state index contributed by atoms with van der Waals surface area (Å²) in [4.78, 5) is 38.6. The summed E-state index contributed by atoms with van der Waals surface area (Å²) < 4.78 is 9.34. The highest BCUT2D eigenvalue weighted by atomic mass is 16.5. The minimum absolute atomic E-state index is 0.0707. The van der Waals surface area contributed by atoms with Gasteiger partial charge in [0.05, 0.1) is 35.3 Å². The number of carbonyl (C=O) groups excluding carboxylic acids is 2. The standard InChI is InChI=1S/C26H30N6O3/c1-17-28-20-14-27-11-8-21(20)31(17)15-18-9-12-30(13-10-18)25(33)19-16-32(26(34)29(2)3)22-6-5-7-23(35-4)24(19)22/h5-8,11,14,16,18H,9-10,12-13,15H2,1-4H3. The van der Waals surface area contributed by atoms with E-state index in [9.17, 15) is 9.59 Å². The molecule has 35 heavy (non-hydrogen) atoms. The predicted molar refractivity (Wildman–Crippen MR) is 134 cm³/mol. The number of methoxy groups -OCH3 is 1. The van der Waals surface area contributed by atoms with Crippen molar-refractivity contribution < 1.29 is 14.3 Å². The average Bonchev–Trinajstić information content (AvgIpc) is 3.41. The van der Waals surface area contributed by atoms with E-state index in [1.54, 1.807) is 39.8 Å². The lowest BCUT2D eigenvalue weighted by Crippen LogP contribution is -2.39. The maximum absolute atomic E-state index is 13.7. The summed E-state index contributed by atoms with van der Waals surface area (Å²) in [7, 11) is 4.97. The van der Waals surface area contributed by atoms with Crippen LogP contribution in [0, 0.1) is 12.8 Å². The van der Waals surface area contributed by atoms with Gasteiger partial charge in [-0.25, -0.2) is 9.78 Å². The number of nitrogens with zero attached hydrogens (tertiary/aromatic N) is 6. The topological polar surface area (TPSA) is 85.5 Å². The first-order valence-electron chi connectivity index (χ1n) is 11.8. The second kappa shape index (κ2) is 9.05. The van der Waals surface area contributed by atoms with Gasteiger partial charge < -0.3 is 19.1 Å². The van der Waals surface area contributed by atoms with E-state index in [2.05, 4.69) is 14.5 Å². The first kappa shape index (κ1) is 22.9. The fourth-order valence-electron chi connectivity index (χ4n) is 5.04. The molecule has 9 nitrogen and oxygen atoms in total. The van der Waals surface area contributed by atoms with Gasteiger partial charge in [0, 0.05) is 46.1 Å². The third-order valence-corrected chi connectivity index (χ3v) is 6.91. The van der Waals surface area contributed by atoms with Crippen molar-refractivity contribution in [1.82, 2.24) is 28.9 Å². The first-order valence-corrected chi connectivity index (χ1v) is 11.8. The van der Waals surface area contributed by atoms with Crippen LogP contribution in [-0.2, 0) is 6.54 Å². The summed E-state index contributed by atoms with van der Waals surface area (Å²) in [5, 5.41) is 0.673. The molecule has 1 fully saturated rings. The number of carbonyl (C=O) groups is 2. The number of fused-ring (bicyclic) bond motifs is 2. The predicted octanol–water partition coefficient (Wildman–Crippen LogP) is 3.79. The molecule has 0 aliphatic carbocycles. The second-order valence-electron chi connectivity index (χ2n) is 9.31. The minimum atomic E-state index is -0.209. The van der Waals surface area contributed by atoms with Crippen molar-refractivity contribution in [3.05, 3.63) is 54.2 Å². The molecule has 4 aromatic rings. The summed E-state index contributed by atoms with van der Waals surface area (Å²) in [6.07, 6.45) is 7.06. The van der Waals surface area contributed by atoms with Gasteiger partial charge in [0.25, 0.3) is 5.91 Å². The molecule has 1 aliphatic rings. The van der Waals surface area contributed by atoms with Crippen LogP contribution in [0.1, 0.15) is 29.0 Å². The molecule has 0 spiro atoms. The number of likely N-dealkylation sites (tertiary alicyclic amines) is 1. The van der Waals surface area contributed by atoms with E-state index >= 15 is 0 Å². The van der Waals surface area contributed by atoms with E-state index in [4.69, 9.17) is 4.74 Å². The number of aryl methyl sites for hydroxylation is 1. The number of benzene rings is 1. The largest absolute Gasteiger partial charge is 0.496 e. The molecule has 0 unspecified atom stereocenters. The van der Waals surface area contributed by atoms with Crippen LogP contribution in [0.5, 0.6) is 5.75 Å². The van der Waals surface area contributed by atoms with Crippen molar-refractivity contribution in [1.29, 1.82) is 0 Å². The number of amides is 2. The molecule has 4 heterocycles. The van der Waals surface area contributed by atoms with Gasteiger partial charge in [0.1, 0.15) is 17.1 Å². The van der Waals surface area contributed by atoms with Crippen molar-refractivity contribution in [2.45, 2.75) is 26.3 Å². The van der Waals surface area contributed by atoms with Crippen LogP contribution >= 0.6 is 0 Å². The van der Waals surface area contributed by atoms with Crippen LogP contribution in [0.15, 0.2) is 42.9 Å². The Hall–Kier alpha value is -3.88. The number of rotatable bonds is 4. The number of piperidine rings is 1. The summed E-state index contributed by atoms with van der Waals surface area (Å²) in [5.41, 5.74) is 3.17. The van der Waals surface area contributed by atoms with E-state index in [1.807, 2.05) is 36.1 Å². The fourth-order valence-corrected chi connectivity index (χ4v) is 5.04. The Kier molecular flexibility index (Phi) is 5.92. The summed E-state index contributed by atoms with van der Waals surface area (Å²) in [6, 6.07) is 7.29. The van der Waals surface area contributed by atoms with E-state index in [1.165, 1.54) is 9.47 Å². The molecule has 1 aromatic carbocycles. The molecule has 0 atom stereocenters. The second-order valence-corrected chi connectivity index (χ2v) is 9.31. The molecule has 3 aromatic heterocycles. The van der Waals surface area contributed by atoms with Gasteiger partial charge in [-0.3, -0.25) is 14.3 Å². The lowest BCUT2D eigenvalue weighted by Gasteiger charge is -2.32. The van der Waals surface area contributed by atoms with E-state index < -0.39 is 0 Å². The summed E-state index contributed by atoms with van der Waals surface area (Å²) >= 11 is 0. The number of hydrogen-bond acceptors (Lipinski definition) is 5. The summed E-state index contributed by atoms with van der Waals surface area (Å²) in [6.45, 7) is 4.23. The Morgan fingerprint density at radius 3 is 2.63 bits per heavy atom. The Morgan fingerprint density at radius 1 is 1.14 bits per heavy atom. The molecule has 0 radical (unpaired) electrons. The third-order valence-electron chi connectivity index (χ3n) is 6.91. The first-order chi connectivity index (χ1) is 16.9. The van der Waals surface area contributed by atoms with Crippen LogP contribution in [0.3, 0.4) is 0 Å². The zero-order valence-electron chi connectivity index (χ0n) is 20.6. The van der Waals surface area contributed by atoms with Gasteiger partial charge in [-0.2, -0.15) is 0 Å². The van der Waals surface area contributed by atoms with Crippen LogP contribution in [0.4, 0.5) is 4.79 Å². The van der Waals surface area contributed by atoms with Crippen molar-refractivity contribution in [3.63, 3.8) is 0 Å². The monoisotopic (exact) mass is 474 g/mol. The molecule has 182 valence electrons. The molecule has 1 aliphatic heterocycles. The lowest BCUT2D eigenvalue weighted by molar-refractivity contribution is 0.0684. The molecule has 9 heteroatoms. The van der Waals surface area contributed by atoms with E-state index in [0.717, 1.165) is 36.2 Å². The van der Waals surface area contributed by atoms with Crippen LogP contribution in [-0.4, -0.2) is 75.1 Å². The molecule has 0 saturated carbocycles. The number of pyridine rings is 1. The SMILES string of the molecule is COc1cccc2c1c(C(=O)N1CCC(Cn3c(C)nc4cnccc43)CC1)cn2C(=O)N(C)C. The van der Waals surface area contributed by atoms with Gasteiger partial charge in [0.2, 0.25) is 0 Å². The molecule has 0 bridgehead atoms. The van der Waals surface area contributed by atoms with Crippen LogP contribution in [0.2, 0.25) is 0 Å². The zero-order valence-corrected chi connectivity index (χ0v) is 20.6. The highest BCUT2D eigenvalue weighted by Gasteiger charge is 2.29. The highest BCUT2D eigenvalue weighted by Crippen LogP contribution is 2.33. The van der Waals surface area contributed by atoms with Gasteiger partial charge in [-0.15, -0.1) is 0 Å². The van der Waals surface area contributed by atoms with Crippen LogP contribution in [0.25, 0.3) is 21.9 Å². The van der Waals surface area contributed by atoms with Crippen molar-refractivity contribution in [3.8, 4) is 5.75 Å². The van der Waals surface area contributed by atoms with Gasteiger partial charge in [-0.05, 0) is 43.9 Å². The Morgan fingerprint density at radius 2 is 1.91 bits per heavy atom. The number of aromatic nitrogens is 4. The molecule has 2 amide bonds. The molecule has 1 saturated heterocycles. The van der Waals surface area contributed by atoms with Gasteiger partial charge >= 0.3 is 6.03 Å². The number of hydrogen-bond donors (Lipinski definition) is 0. The zero-order chi connectivity index (χ0) is 24.7. The van der Waals surface area contributed by atoms with Crippen molar-refractivity contribution in [2.24, 2.45) is 5.92 Å². The maximum atomic E-state index is 13.7. The van der Waals surface area contributed by atoms with Gasteiger partial charge in [-0.1, -0.05) is 6.07 Å². The van der Waals surface area contributed by atoms with Crippen molar-refractivity contribution >= 4 is 33.9 Å². The number of ether oxygens (including phenoxy) is 1. The average molecular weight is 475 g/mol. The number of imidazole rings is 1. The molecule has 0 N–H and O–H groups in total. The lowest BCUT2D eigenvalue weighted by atomic mass is 9.96. The highest BCUT2D eigenvalue weighted by molar-refractivity contribution is 6.11. The Balaban J connectivity index is 1.37. The molecular weight excluding hydrogens is 444 g/mol. The fraction of sp³-hybridized carbons (Fsp3) is 0.385. The minimum Gasteiger partial charge on any atom is -0.496 e. The van der Waals surface area contributed by atoms with E-state index in [-0.39, 0.29) is 11.9 Å². The quantitative estimate of drug-likeness (QED) is 0.449. The normalized spacial score (nSPS) is 14.6. The third kappa shape index (κ3) is 4.00. The maximum Gasteiger partial charge on any atom is 0.328 e. The Bertz CT molecular complexity index is 1410. The van der Waals surface area contributed by atoms with Crippen molar-refractivity contribution in [2.75, 3.05) is 34.3 Å². The molecular formula is C26H30N6O3.